The fourth-order valence-corrected chi connectivity index (χ4v) is 2.96. The van der Waals surface area contributed by atoms with Crippen molar-refractivity contribution in [1.29, 1.82) is 0 Å². The van der Waals surface area contributed by atoms with Crippen molar-refractivity contribution in [1.82, 2.24) is 4.98 Å². The van der Waals surface area contributed by atoms with Crippen LogP contribution in [0.15, 0.2) is 18.2 Å². The number of benzene rings is 1. The molecule has 7 heteroatoms. The molecule has 0 unspecified atom stereocenters. The van der Waals surface area contributed by atoms with Gasteiger partial charge in [-0.1, -0.05) is 13.0 Å². The van der Waals surface area contributed by atoms with Crippen LogP contribution >= 0.6 is 43.2 Å². The molecule has 0 aliphatic heterocycles. The van der Waals surface area contributed by atoms with Gasteiger partial charge >= 0.3 is 3.36 Å². The Labute approximate surface area is 118 Å². The van der Waals surface area contributed by atoms with Crippen molar-refractivity contribution in [3.8, 4) is 0 Å². The second kappa shape index (κ2) is 4.62. The van der Waals surface area contributed by atoms with E-state index in [0.29, 0.717) is 5.01 Å². The van der Waals surface area contributed by atoms with Gasteiger partial charge in [0.2, 0.25) is 0 Å². The molecular formula is C10H8Br2N2O2S. The lowest BCUT2D eigenvalue weighted by Crippen LogP contribution is -2.20. The molecule has 0 aliphatic rings. The maximum atomic E-state index is 10.9. The average Bonchev–Trinajstić information content (AvgIpc) is 2.71. The van der Waals surface area contributed by atoms with Gasteiger partial charge in [0.05, 0.1) is 15.1 Å². The third-order valence-corrected chi connectivity index (χ3v) is 5.35. The van der Waals surface area contributed by atoms with Gasteiger partial charge < -0.3 is 0 Å². The molecule has 0 bridgehead atoms. The highest BCUT2D eigenvalue weighted by Gasteiger charge is 2.42. The quantitative estimate of drug-likeness (QED) is 0.350. The van der Waals surface area contributed by atoms with Crippen LogP contribution < -0.4 is 0 Å². The van der Waals surface area contributed by atoms with Gasteiger partial charge in [-0.05, 0) is 24.1 Å². The molecule has 0 atom stereocenters. The summed E-state index contributed by atoms with van der Waals surface area (Å²) in [4.78, 5) is 14.7. The van der Waals surface area contributed by atoms with Crippen LogP contribution in [-0.4, -0.2) is 9.91 Å². The summed E-state index contributed by atoms with van der Waals surface area (Å²) >= 11 is 7.37. The minimum absolute atomic E-state index is 0.394. The fraction of sp³-hybridized carbons (Fsp3) is 0.300. The van der Waals surface area contributed by atoms with E-state index >= 15 is 0 Å². The van der Waals surface area contributed by atoms with E-state index in [-0.39, 0.29) is 0 Å². The molecule has 0 amide bonds. The van der Waals surface area contributed by atoms with Crippen LogP contribution in [-0.2, 0) is 9.78 Å². The number of fused-ring (bicyclic) bond motifs is 1. The first-order valence-corrected chi connectivity index (χ1v) is 7.27. The van der Waals surface area contributed by atoms with Crippen LogP contribution in [0.25, 0.3) is 10.2 Å². The summed E-state index contributed by atoms with van der Waals surface area (Å²) in [7, 11) is 0. The molecule has 0 saturated heterocycles. The zero-order valence-electron chi connectivity index (χ0n) is 8.81. The van der Waals surface area contributed by atoms with Gasteiger partial charge in [-0.15, -0.1) is 11.3 Å². The lowest BCUT2D eigenvalue weighted by Gasteiger charge is -2.06. The number of halogens is 2. The number of aryl methyl sites for hydroxylation is 1. The van der Waals surface area contributed by atoms with Crippen LogP contribution in [0.1, 0.15) is 17.5 Å². The first-order valence-electron chi connectivity index (χ1n) is 4.87. The minimum atomic E-state index is -1.49. The van der Waals surface area contributed by atoms with Gasteiger partial charge in [0.15, 0.2) is 5.01 Å². The van der Waals surface area contributed by atoms with Crippen molar-refractivity contribution in [2.45, 2.75) is 16.7 Å². The molecule has 2 aromatic rings. The van der Waals surface area contributed by atoms with Crippen molar-refractivity contribution in [3.63, 3.8) is 0 Å². The second-order valence-corrected chi connectivity index (χ2v) is 7.86. The van der Waals surface area contributed by atoms with Crippen molar-refractivity contribution in [2.75, 3.05) is 0 Å². The van der Waals surface area contributed by atoms with E-state index in [1.807, 2.05) is 18.2 Å². The highest BCUT2D eigenvalue weighted by Crippen LogP contribution is 2.42. The van der Waals surface area contributed by atoms with Crippen molar-refractivity contribution in [2.24, 2.45) is 0 Å². The van der Waals surface area contributed by atoms with Gasteiger partial charge in [-0.2, -0.15) is 0 Å². The van der Waals surface area contributed by atoms with Crippen LogP contribution in [0.4, 0.5) is 0 Å². The number of hydrogen-bond donors (Lipinski definition) is 0. The fourth-order valence-electron chi connectivity index (χ4n) is 1.40. The summed E-state index contributed by atoms with van der Waals surface area (Å²) in [6, 6.07) is 5.93. The zero-order chi connectivity index (χ0) is 12.6. The molecule has 0 N–H and O–H groups in total. The Bertz CT molecular complexity index is 583. The molecule has 0 radical (unpaired) electrons. The van der Waals surface area contributed by atoms with Gasteiger partial charge in [0.25, 0.3) is 0 Å². The lowest BCUT2D eigenvalue weighted by molar-refractivity contribution is -0.510. The summed E-state index contributed by atoms with van der Waals surface area (Å²) in [5, 5.41) is 11.3. The predicted octanol–water partition coefficient (Wildman–Crippen LogP) is 4.04. The predicted molar refractivity (Wildman–Crippen MR) is 75.5 cm³/mol. The average molecular weight is 380 g/mol. The standard InChI is InChI=1S/C10H8Br2N2O2S/c1-2-6-3-4-8-7(5-6)13-9(17-8)10(11,12)14(15)16/h3-5H,2H2,1H3. The van der Waals surface area contributed by atoms with E-state index in [2.05, 4.69) is 43.8 Å². The number of rotatable bonds is 3. The molecule has 4 nitrogen and oxygen atoms in total. The van der Waals surface area contributed by atoms with Crippen molar-refractivity contribution >= 4 is 53.4 Å². The summed E-state index contributed by atoms with van der Waals surface area (Å²) in [6.45, 7) is 2.06. The Morgan fingerprint density at radius 1 is 1.53 bits per heavy atom. The first kappa shape index (κ1) is 12.9. The third-order valence-electron chi connectivity index (χ3n) is 2.35. The monoisotopic (exact) mass is 378 g/mol. The molecule has 1 aromatic carbocycles. The summed E-state index contributed by atoms with van der Waals surface area (Å²) in [6.07, 6.45) is 0.922. The van der Waals surface area contributed by atoms with E-state index in [4.69, 9.17) is 0 Å². The van der Waals surface area contributed by atoms with Gasteiger partial charge in [-0.3, -0.25) is 10.1 Å². The number of aromatic nitrogens is 1. The SMILES string of the molecule is CCc1ccc2sc(C(Br)(Br)[N+](=O)[O-])nc2c1. The Hall–Kier alpha value is -0.530. The van der Waals surface area contributed by atoms with Crippen molar-refractivity contribution < 1.29 is 4.92 Å². The maximum Gasteiger partial charge on any atom is 0.377 e. The molecule has 17 heavy (non-hydrogen) atoms. The van der Waals surface area contributed by atoms with E-state index < -0.39 is 8.28 Å². The topological polar surface area (TPSA) is 56.0 Å². The number of alkyl halides is 2. The smallest absolute Gasteiger partial charge is 0.262 e. The number of hydrogen-bond acceptors (Lipinski definition) is 4. The number of thiazole rings is 1. The van der Waals surface area contributed by atoms with Crippen LogP contribution in [0.5, 0.6) is 0 Å². The lowest BCUT2D eigenvalue weighted by atomic mass is 10.2. The van der Waals surface area contributed by atoms with Crippen LogP contribution in [0.2, 0.25) is 0 Å². The van der Waals surface area contributed by atoms with Crippen LogP contribution in [0, 0.1) is 10.1 Å². The van der Waals surface area contributed by atoms with E-state index in [9.17, 15) is 10.1 Å². The molecule has 1 aromatic heterocycles. The second-order valence-electron chi connectivity index (χ2n) is 3.47. The molecule has 90 valence electrons. The molecule has 0 aliphatic carbocycles. The van der Waals surface area contributed by atoms with Gasteiger partial charge in [0, 0.05) is 31.9 Å². The largest absolute Gasteiger partial charge is 0.377 e. The van der Waals surface area contributed by atoms with Crippen LogP contribution in [0.3, 0.4) is 0 Å². The Kier molecular flexibility index (Phi) is 3.51. The summed E-state index contributed by atoms with van der Waals surface area (Å²) in [5.74, 6) is 0. The molecule has 1 heterocycles. The Morgan fingerprint density at radius 2 is 2.24 bits per heavy atom. The normalized spacial score (nSPS) is 11.9. The van der Waals surface area contributed by atoms with Gasteiger partial charge in [0.1, 0.15) is 0 Å². The molecule has 2 rings (SSSR count). The molecule has 0 saturated carbocycles. The zero-order valence-corrected chi connectivity index (χ0v) is 12.8. The molecule has 0 spiro atoms. The highest BCUT2D eigenvalue weighted by molar-refractivity contribution is 9.24. The number of nitro groups is 1. The third kappa shape index (κ3) is 2.36. The highest BCUT2D eigenvalue weighted by atomic mass is 79.9. The molecular weight excluding hydrogens is 372 g/mol. The maximum absolute atomic E-state index is 10.9. The first-order chi connectivity index (χ1) is 7.95. The summed E-state index contributed by atoms with van der Waals surface area (Å²) in [5.41, 5.74) is 1.97. The Morgan fingerprint density at radius 3 is 2.82 bits per heavy atom. The number of nitrogens with zero attached hydrogens (tertiary/aromatic N) is 2. The molecule has 0 fully saturated rings. The minimum Gasteiger partial charge on any atom is -0.262 e. The van der Waals surface area contributed by atoms with Crippen molar-refractivity contribution in [3.05, 3.63) is 38.9 Å². The van der Waals surface area contributed by atoms with Gasteiger partial charge in [-0.25, -0.2) is 4.98 Å². The van der Waals surface area contributed by atoms with E-state index in [1.54, 1.807) is 0 Å². The Balaban J connectivity index is 2.55. The summed E-state index contributed by atoms with van der Waals surface area (Å²) < 4.78 is -0.543. The van der Waals surface area contributed by atoms with E-state index in [1.165, 1.54) is 16.9 Å². The van der Waals surface area contributed by atoms with E-state index in [0.717, 1.165) is 16.6 Å².